The minimum absolute atomic E-state index is 0.0330. The Balaban J connectivity index is 1.88. The molecule has 0 bridgehead atoms. The molecule has 0 saturated carbocycles. The highest BCUT2D eigenvalue weighted by molar-refractivity contribution is 7.08. The van der Waals surface area contributed by atoms with Crippen LogP contribution in [-0.2, 0) is 9.53 Å². The minimum Gasteiger partial charge on any atom is -0.444 e. The fraction of sp³-hybridized carbons (Fsp3) is 0.562. The van der Waals surface area contributed by atoms with Crippen molar-refractivity contribution in [3.05, 3.63) is 22.4 Å². The lowest BCUT2D eigenvalue weighted by Crippen LogP contribution is -2.44. The number of Topliss-reactive ketones (excluding diaryl/α,β-unsaturated/α-hetero) is 1. The van der Waals surface area contributed by atoms with Gasteiger partial charge in [-0.3, -0.25) is 9.59 Å². The van der Waals surface area contributed by atoms with Crippen molar-refractivity contribution in [2.75, 3.05) is 13.1 Å². The number of alkyl carbamates (subject to hydrolysis) is 1. The lowest BCUT2D eigenvalue weighted by molar-refractivity contribution is -0.128. The summed E-state index contributed by atoms with van der Waals surface area (Å²) in [5, 5.41) is 6.26. The van der Waals surface area contributed by atoms with Crippen molar-refractivity contribution in [1.82, 2.24) is 10.2 Å². The van der Waals surface area contributed by atoms with Gasteiger partial charge in [-0.15, -0.1) is 0 Å². The molecule has 2 amide bonds. The van der Waals surface area contributed by atoms with Gasteiger partial charge in [0.2, 0.25) is 5.91 Å². The van der Waals surface area contributed by atoms with Crippen LogP contribution in [0.25, 0.3) is 0 Å². The van der Waals surface area contributed by atoms with E-state index in [9.17, 15) is 14.4 Å². The van der Waals surface area contributed by atoms with Gasteiger partial charge >= 0.3 is 6.09 Å². The van der Waals surface area contributed by atoms with Gasteiger partial charge in [0.1, 0.15) is 5.60 Å². The second-order valence-electron chi connectivity index (χ2n) is 6.45. The molecule has 6 nitrogen and oxygen atoms in total. The maximum atomic E-state index is 12.4. The number of nitrogens with one attached hydrogen (secondary N) is 1. The van der Waals surface area contributed by atoms with Gasteiger partial charge < -0.3 is 15.0 Å². The van der Waals surface area contributed by atoms with E-state index >= 15 is 0 Å². The Kier molecular flexibility index (Phi) is 5.41. The maximum Gasteiger partial charge on any atom is 0.407 e. The molecule has 1 aliphatic rings. The highest BCUT2D eigenvalue weighted by Crippen LogP contribution is 2.23. The number of nitrogens with zero attached hydrogens (tertiary/aromatic N) is 1. The SMILES string of the molecule is CC(C)(C)OC(=O)NCCN1C(=O)CCC1C(=O)c1ccsc1. The predicted octanol–water partition coefficient (Wildman–Crippen LogP) is 2.45. The van der Waals surface area contributed by atoms with E-state index < -0.39 is 17.7 Å². The fourth-order valence-corrected chi connectivity index (χ4v) is 3.12. The quantitative estimate of drug-likeness (QED) is 0.837. The molecule has 2 rings (SSSR count). The first-order valence-electron chi connectivity index (χ1n) is 7.60. The number of ketones is 1. The molecule has 2 heterocycles. The molecule has 126 valence electrons. The third-order valence-corrected chi connectivity index (χ3v) is 4.14. The van der Waals surface area contributed by atoms with Crippen LogP contribution >= 0.6 is 11.3 Å². The number of likely N-dealkylation sites (tertiary alicyclic amines) is 1. The Morgan fingerprint density at radius 3 is 2.78 bits per heavy atom. The first kappa shape index (κ1) is 17.5. The van der Waals surface area contributed by atoms with Gasteiger partial charge in [-0.25, -0.2) is 4.79 Å². The van der Waals surface area contributed by atoms with Crippen LogP contribution in [0.15, 0.2) is 16.8 Å². The zero-order valence-corrected chi connectivity index (χ0v) is 14.4. The van der Waals surface area contributed by atoms with Gasteiger partial charge in [-0.1, -0.05) is 0 Å². The van der Waals surface area contributed by atoms with Crippen molar-refractivity contribution in [2.45, 2.75) is 45.3 Å². The number of rotatable bonds is 5. The van der Waals surface area contributed by atoms with E-state index in [2.05, 4.69) is 5.32 Å². The number of amides is 2. The summed E-state index contributed by atoms with van der Waals surface area (Å²) in [6.07, 6.45) is 0.372. The van der Waals surface area contributed by atoms with E-state index in [0.29, 0.717) is 24.9 Å². The molecule has 0 spiro atoms. The van der Waals surface area contributed by atoms with Gasteiger partial charge in [-0.05, 0) is 38.6 Å². The van der Waals surface area contributed by atoms with Crippen LogP contribution in [0.1, 0.15) is 44.0 Å². The van der Waals surface area contributed by atoms with Crippen LogP contribution in [0.3, 0.4) is 0 Å². The van der Waals surface area contributed by atoms with Gasteiger partial charge in [0.05, 0.1) is 6.04 Å². The van der Waals surface area contributed by atoms with E-state index in [-0.39, 0.29) is 18.2 Å². The maximum absolute atomic E-state index is 12.4. The van der Waals surface area contributed by atoms with Crippen LogP contribution < -0.4 is 5.32 Å². The number of carbonyl (C=O) groups excluding carboxylic acids is 3. The number of carbonyl (C=O) groups is 3. The van der Waals surface area contributed by atoms with Gasteiger partial charge in [0, 0.05) is 30.5 Å². The standard InChI is InChI=1S/C16H22N2O4S/c1-16(2,3)22-15(21)17-7-8-18-12(4-5-13(18)19)14(20)11-6-9-23-10-11/h6,9-10,12H,4-5,7-8H2,1-3H3,(H,17,21). The van der Waals surface area contributed by atoms with Gasteiger partial charge in [-0.2, -0.15) is 11.3 Å². The molecule has 1 aliphatic heterocycles. The van der Waals surface area contributed by atoms with E-state index in [1.54, 1.807) is 37.1 Å². The molecule has 1 aromatic heterocycles. The molecule has 23 heavy (non-hydrogen) atoms. The van der Waals surface area contributed by atoms with E-state index in [1.165, 1.54) is 11.3 Å². The second kappa shape index (κ2) is 7.12. The topological polar surface area (TPSA) is 75.7 Å². The third-order valence-electron chi connectivity index (χ3n) is 3.46. The minimum atomic E-state index is -0.564. The summed E-state index contributed by atoms with van der Waals surface area (Å²) in [7, 11) is 0. The monoisotopic (exact) mass is 338 g/mol. The Morgan fingerprint density at radius 2 is 2.17 bits per heavy atom. The molecular formula is C16H22N2O4S. The summed E-state index contributed by atoms with van der Waals surface area (Å²) in [5.41, 5.74) is 0.0742. The summed E-state index contributed by atoms with van der Waals surface area (Å²) in [5.74, 6) is -0.0843. The Bertz CT molecular complexity index is 577. The van der Waals surface area contributed by atoms with Gasteiger partial charge in [0.25, 0.3) is 0 Å². The normalized spacial score (nSPS) is 18.1. The zero-order valence-electron chi connectivity index (χ0n) is 13.6. The van der Waals surface area contributed by atoms with Crippen LogP contribution in [-0.4, -0.2) is 47.4 Å². The molecule has 1 atom stereocenters. The van der Waals surface area contributed by atoms with E-state index in [4.69, 9.17) is 4.74 Å². The lowest BCUT2D eigenvalue weighted by Gasteiger charge is -2.24. The molecule has 1 aromatic rings. The largest absolute Gasteiger partial charge is 0.444 e. The summed E-state index contributed by atoms with van der Waals surface area (Å²) in [6, 6.07) is 1.34. The predicted molar refractivity (Wildman–Crippen MR) is 87.6 cm³/mol. The fourth-order valence-electron chi connectivity index (χ4n) is 2.48. The smallest absolute Gasteiger partial charge is 0.407 e. The van der Waals surface area contributed by atoms with Crippen molar-refractivity contribution in [3.8, 4) is 0 Å². The number of ether oxygens (including phenoxy) is 1. The molecule has 0 aliphatic carbocycles. The summed E-state index contributed by atoms with van der Waals surface area (Å²) in [4.78, 5) is 37.6. The Morgan fingerprint density at radius 1 is 1.43 bits per heavy atom. The van der Waals surface area contributed by atoms with E-state index in [1.807, 2.05) is 5.38 Å². The van der Waals surface area contributed by atoms with Crippen LogP contribution in [0.5, 0.6) is 0 Å². The van der Waals surface area contributed by atoms with E-state index in [0.717, 1.165) is 0 Å². The average Bonchev–Trinajstić information content (AvgIpc) is 3.07. The molecule has 0 aromatic carbocycles. The third kappa shape index (κ3) is 4.79. The molecule has 1 unspecified atom stereocenters. The summed E-state index contributed by atoms with van der Waals surface area (Å²) >= 11 is 1.46. The van der Waals surface area contributed by atoms with Crippen molar-refractivity contribution < 1.29 is 19.1 Å². The Labute approximate surface area is 139 Å². The molecule has 0 radical (unpaired) electrons. The van der Waals surface area contributed by atoms with Crippen molar-refractivity contribution >= 4 is 29.1 Å². The molecule has 1 N–H and O–H groups in total. The first-order valence-corrected chi connectivity index (χ1v) is 8.55. The average molecular weight is 338 g/mol. The summed E-state index contributed by atoms with van der Waals surface area (Å²) in [6.45, 7) is 5.91. The molecular weight excluding hydrogens is 316 g/mol. The summed E-state index contributed by atoms with van der Waals surface area (Å²) < 4.78 is 5.14. The second-order valence-corrected chi connectivity index (χ2v) is 7.23. The highest BCUT2D eigenvalue weighted by Gasteiger charge is 2.36. The van der Waals surface area contributed by atoms with Crippen molar-refractivity contribution in [2.24, 2.45) is 0 Å². The van der Waals surface area contributed by atoms with Gasteiger partial charge in [0.15, 0.2) is 5.78 Å². The zero-order chi connectivity index (χ0) is 17.0. The molecule has 1 fully saturated rings. The Hall–Kier alpha value is -1.89. The number of thiophene rings is 1. The number of hydrogen-bond donors (Lipinski definition) is 1. The lowest BCUT2D eigenvalue weighted by atomic mass is 10.1. The molecule has 1 saturated heterocycles. The van der Waals surface area contributed by atoms with Crippen LogP contribution in [0.2, 0.25) is 0 Å². The van der Waals surface area contributed by atoms with Crippen LogP contribution in [0.4, 0.5) is 4.79 Å². The van der Waals surface area contributed by atoms with Crippen molar-refractivity contribution in [3.63, 3.8) is 0 Å². The highest BCUT2D eigenvalue weighted by atomic mass is 32.1. The van der Waals surface area contributed by atoms with Crippen LogP contribution in [0, 0.1) is 0 Å². The molecule has 7 heteroatoms. The first-order chi connectivity index (χ1) is 10.8. The number of hydrogen-bond acceptors (Lipinski definition) is 5. The van der Waals surface area contributed by atoms with Crippen molar-refractivity contribution in [1.29, 1.82) is 0 Å².